The molecule has 1 aliphatic carbocycles. The Morgan fingerprint density at radius 2 is 1.82 bits per heavy atom. The Bertz CT molecular complexity index is 415. The lowest BCUT2D eigenvalue weighted by Crippen LogP contribution is -2.26. The van der Waals surface area contributed by atoms with Crippen molar-refractivity contribution in [3.05, 3.63) is 17.7 Å². The molecule has 0 aromatic heterocycles. The SMILES string of the molecule is OCC1(CNCc2ccc(O)c(O)c2O)CC1. The van der Waals surface area contributed by atoms with E-state index in [2.05, 4.69) is 5.32 Å². The molecule has 1 aliphatic rings. The van der Waals surface area contributed by atoms with E-state index in [1.807, 2.05) is 0 Å². The normalized spacial score (nSPS) is 17.0. The summed E-state index contributed by atoms with van der Waals surface area (Å²) in [4.78, 5) is 0. The van der Waals surface area contributed by atoms with Gasteiger partial charge in [0.1, 0.15) is 0 Å². The number of phenolic OH excluding ortho intramolecular Hbond substituents is 3. The molecule has 5 nitrogen and oxygen atoms in total. The molecule has 1 aromatic rings. The highest BCUT2D eigenvalue weighted by Gasteiger charge is 2.41. The van der Waals surface area contributed by atoms with Gasteiger partial charge in [-0.15, -0.1) is 0 Å². The van der Waals surface area contributed by atoms with Crippen molar-refractivity contribution in [3.63, 3.8) is 0 Å². The molecular weight excluding hydrogens is 222 g/mol. The molecule has 0 bridgehead atoms. The van der Waals surface area contributed by atoms with Crippen molar-refractivity contribution >= 4 is 0 Å². The highest BCUT2D eigenvalue weighted by molar-refractivity contribution is 5.52. The third-order valence-electron chi connectivity index (χ3n) is 3.32. The van der Waals surface area contributed by atoms with Gasteiger partial charge in [0.05, 0.1) is 0 Å². The van der Waals surface area contributed by atoms with E-state index in [0.717, 1.165) is 12.8 Å². The second-order valence-electron chi connectivity index (χ2n) is 4.70. The predicted molar refractivity (Wildman–Crippen MR) is 61.9 cm³/mol. The molecule has 0 atom stereocenters. The van der Waals surface area contributed by atoms with Crippen LogP contribution in [0, 0.1) is 5.41 Å². The molecule has 0 amide bonds. The molecule has 2 rings (SSSR count). The van der Waals surface area contributed by atoms with Gasteiger partial charge in [-0.1, -0.05) is 6.07 Å². The summed E-state index contributed by atoms with van der Waals surface area (Å²) in [6.07, 6.45) is 2.03. The Labute approximate surface area is 99.3 Å². The van der Waals surface area contributed by atoms with Gasteiger partial charge in [-0.25, -0.2) is 0 Å². The largest absolute Gasteiger partial charge is 0.504 e. The maximum atomic E-state index is 9.58. The first-order valence-corrected chi connectivity index (χ1v) is 5.62. The molecule has 0 aliphatic heterocycles. The summed E-state index contributed by atoms with van der Waals surface area (Å²) in [5, 5.41) is 40.3. The molecule has 5 heteroatoms. The number of aliphatic hydroxyl groups excluding tert-OH is 1. The van der Waals surface area contributed by atoms with Crippen molar-refractivity contribution in [1.82, 2.24) is 5.32 Å². The Kier molecular flexibility index (Phi) is 3.13. The average Bonchev–Trinajstić information content (AvgIpc) is 3.10. The van der Waals surface area contributed by atoms with Gasteiger partial charge >= 0.3 is 0 Å². The fourth-order valence-electron chi connectivity index (χ4n) is 1.78. The van der Waals surface area contributed by atoms with Crippen LogP contribution in [0.1, 0.15) is 18.4 Å². The summed E-state index contributed by atoms with van der Waals surface area (Å²) in [5.74, 6) is -1.13. The minimum absolute atomic E-state index is 0.00851. The quantitative estimate of drug-likeness (QED) is 0.487. The summed E-state index contributed by atoms with van der Waals surface area (Å²) in [5.41, 5.74) is 0.531. The van der Waals surface area contributed by atoms with Crippen LogP contribution in [0.15, 0.2) is 12.1 Å². The second-order valence-corrected chi connectivity index (χ2v) is 4.70. The van der Waals surface area contributed by atoms with E-state index in [1.165, 1.54) is 6.07 Å². The van der Waals surface area contributed by atoms with E-state index in [1.54, 1.807) is 6.07 Å². The predicted octanol–water partition coefficient (Wildman–Crippen LogP) is 0.665. The number of benzene rings is 1. The third-order valence-corrected chi connectivity index (χ3v) is 3.32. The standard InChI is InChI=1S/C12H17NO4/c14-7-12(3-4-12)6-13-5-8-1-2-9(15)11(17)10(8)16/h1-2,13-17H,3-7H2. The summed E-state index contributed by atoms with van der Waals surface area (Å²) < 4.78 is 0. The number of hydrogen-bond acceptors (Lipinski definition) is 5. The minimum atomic E-state index is -0.493. The van der Waals surface area contributed by atoms with Gasteiger partial charge in [0.15, 0.2) is 11.5 Å². The molecule has 1 fully saturated rings. The van der Waals surface area contributed by atoms with Crippen LogP contribution in [-0.4, -0.2) is 33.6 Å². The maximum Gasteiger partial charge on any atom is 0.200 e. The molecule has 0 heterocycles. The Balaban J connectivity index is 1.93. The van der Waals surface area contributed by atoms with E-state index in [0.29, 0.717) is 18.7 Å². The van der Waals surface area contributed by atoms with E-state index >= 15 is 0 Å². The first kappa shape index (κ1) is 12.0. The number of aromatic hydroxyl groups is 3. The Morgan fingerprint density at radius 3 is 2.41 bits per heavy atom. The topological polar surface area (TPSA) is 93.0 Å². The second kappa shape index (κ2) is 4.43. The highest BCUT2D eigenvalue weighted by Crippen LogP contribution is 2.44. The molecule has 0 spiro atoms. The van der Waals surface area contributed by atoms with Crippen LogP contribution in [0.4, 0.5) is 0 Å². The first-order valence-electron chi connectivity index (χ1n) is 5.62. The van der Waals surface area contributed by atoms with Crippen molar-refractivity contribution in [3.8, 4) is 17.2 Å². The maximum absolute atomic E-state index is 9.58. The van der Waals surface area contributed by atoms with Gasteiger partial charge in [-0.05, 0) is 18.9 Å². The van der Waals surface area contributed by atoms with E-state index < -0.39 is 5.75 Å². The van der Waals surface area contributed by atoms with Gasteiger partial charge in [0.25, 0.3) is 0 Å². The summed E-state index contributed by atoms with van der Waals surface area (Å²) in [7, 11) is 0. The van der Waals surface area contributed by atoms with Crippen molar-refractivity contribution < 1.29 is 20.4 Å². The Hall–Kier alpha value is -1.46. The van der Waals surface area contributed by atoms with Gasteiger partial charge in [0.2, 0.25) is 5.75 Å². The average molecular weight is 239 g/mol. The fourth-order valence-corrected chi connectivity index (χ4v) is 1.78. The highest BCUT2D eigenvalue weighted by atomic mass is 16.3. The number of aliphatic hydroxyl groups is 1. The van der Waals surface area contributed by atoms with E-state index in [4.69, 9.17) is 10.2 Å². The summed E-state index contributed by atoms with van der Waals surface area (Å²) in [6.45, 7) is 1.25. The fraction of sp³-hybridized carbons (Fsp3) is 0.500. The smallest absolute Gasteiger partial charge is 0.200 e. The van der Waals surface area contributed by atoms with Crippen LogP contribution < -0.4 is 5.32 Å². The van der Waals surface area contributed by atoms with Crippen LogP contribution in [0.2, 0.25) is 0 Å². The molecule has 0 unspecified atom stereocenters. The summed E-state index contributed by atoms with van der Waals surface area (Å²) in [6, 6.07) is 2.89. The lowest BCUT2D eigenvalue weighted by Gasteiger charge is -2.13. The van der Waals surface area contributed by atoms with Gasteiger partial charge in [0, 0.05) is 30.7 Å². The lowest BCUT2D eigenvalue weighted by atomic mass is 10.1. The molecule has 1 aromatic carbocycles. The van der Waals surface area contributed by atoms with Gasteiger partial charge in [-0.3, -0.25) is 0 Å². The molecule has 0 saturated heterocycles. The first-order chi connectivity index (χ1) is 8.08. The van der Waals surface area contributed by atoms with Crippen molar-refractivity contribution in [2.24, 2.45) is 5.41 Å². The number of hydrogen-bond donors (Lipinski definition) is 5. The van der Waals surface area contributed by atoms with Crippen LogP contribution in [-0.2, 0) is 6.54 Å². The van der Waals surface area contributed by atoms with E-state index in [-0.39, 0.29) is 23.5 Å². The molecule has 5 N–H and O–H groups in total. The molecule has 94 valence electrons. The van der Waals surface area contributed by atoms with Crippen molar-refractivity contribution in [1.29, 1.82) is 0 Å². The lowest BCUT2D eigenvalue weighted by molar-refractivity contribution is 0.207. The zero-order valence-electron chi connectivity index (χ0n) is 9.48. The number of rotatable bonds is 5. The molecular formula is C12H17NO4. The minimum Gasteiger partial charge on any atom is -0.504 e. The molecule has 1 saturated carbocycles. The molecule has 0 radical (unpaired) electrons. The van der Waals surface area contributed by atoms with Crippen LogP contribution in [0.5, 0.6) is 17.2 Å². The van der Waals surface area contributed by atoms with Crippen molar-refractivity contribution in [2.45, 2.75) is 19.4 Å². The number of nitrogens with one attached hydrogen (secondary N) is 1. The van der Waals surface area contributed by atoms with E-state index in [9.17, 15) is 10.2 Å². The third kappa shape index (κ3) is 2.45. The zero-order valence-corrected chi connectivity index (χ0v) is 9.48. The number of phenols is 3. The van der Waals surface area contributed by atoms with Crippen LogP contribution in [0.3, 0.4) is 0 Å². The van der Waals surface area contributed by atoms with Crippen molar-refractivity contribution in [2.75, 3.05) is 13.2 Å². The zero-order chi connectivity index (χ0) is 12.5. The summed E-state index contributed by atoms with van der Waals surface area (Å²) >= 11 is 0. The van der Waals surface area contributed by atoms with Gasteiger partial charge in [-0.2, -0.15) is 0 Å². The van der Waals surface area contributed by atoms with Crippen LogP contribution in [0.25, 0.3) is 0 Å². The Morgan fingerprint density at radius 1 is 1.12 bits per heavy atom. The van der Waals surface area contributed by atoms with Crippen LogP contribution >= 0.6 is 0 Å². The monoisotopic (exact) mass is 239 g/mol. The van der Waals surface area contributed by atoms with Gasteiger partial charge < -0.3 is 25.7 Å². The molecule has 17 heavy (non-hydrogen) atoms.